The number of rotatable bonds is 6. The summed E-state index contributed by atoms with van der Waals surface area (Å²) in [4.78, 5) is 11.5. The number of nitrogens with one attached hydrogen (secondary N) is 1. The molecule has 5 nitrogen and oxygen atoms in total. The maximum atomic E-state index is 11.5. The average molecular weight is 256 g/mol. The summed E-state index contributed by atoms with van der Waals surface area (Å²) in [5.41, 5.74) is 5.28. The third kappa shape index (κ3) is 7.29. The summed E-state index contributed by atoms with van der Waals surface area (Å²) in [5, 5.41) is 2.68. The topological polar surface area (TPSA) is 73.6 Å². The lowest BCUT2D eigenvalue weighted by Crippen LogP contribution is -2.32. The Hall–Kier alpha value is -1.07. The van der Waals surface area contributed by atoms with Crippen LogP contribution in [0.1, 0.15) is 32.1 Å². The molecule has 0 aromatic heterocycles. The first kappa shape index (κ1) is 15.0. The van der Waals surface area contributed by atoms with E-state index < -0.39 is 0 Å². The van der Waals surface area contributed by atoms with Crippen LogP contribution in [0.3, 0.4) is 0 Å². The van der Waals surface area contributed by atoms with Crippen LogP contribution in [-0.4, -0.2) is 38.5 Å². The Balaban J connectivity index is 2.08. The normalized spacial score (nSPS) is 21.7. The molecule has 3 N–H and O–H groups in total. The van der Waals surface area contributed by atoms with Crippen LogP contribution in [0.15, 0.2) is 12.2 Å². The third-order valence-electron chi connectivity index (χ3n) is 2.77. The highest BCUT2D eigenvalue weighted by molar-refractivity contribution is 5.67. The molecule has 0 bridgehead atoms. The van der Waals surface area contributed by atoms with E-state index in [-0.39, 0.29) is 12.2 Å². The predicted octanol–water partition coefficient (Wildman–Crippen LogP) is 1.58. The average Bonchev–Trinajstić information content (AvgIpc) is 2.32. The molecule has 0 fully saturated rings. The van der Waals surface area contributed by atoms with Crippen LogP contribution in [0.4, 0.5) is 4.79 Å². The van der Waals surface area contributed by atoms with E-state index in [1.807, 2.05) is 0 Å². The van der Waals surface area contributed by atoms with E-state index in [4.69, 9.17) is 15.2 Å². The number of hydrogen-bond donors (Lipinski definition) is 2. The summed E-state index contributed by atoms with van der Waals surface area (Å²) >= 11 is 0. The molecule has 0 spiro atoms. The van der Waals surface area contributed by atoms with Gasteiger partial charge in [-0.3, -0.25) is 0 Å². The molecule has 0 saturated carbocycles. The van der Waals surface area contributed by atoms with Crippen molar-refractivity contribution in [3.05, 3.63) is 12.2 Å². The zero-order valence-electron chi connectivity index (χ0n) is 10.9. The van der Waals surface area contributed by atoms with Crippen LogP contribution in [0.2, 0.25) is 0 Å². The standard InChI is InChI=1S/C13H24N2O3/c14-8-10-17-11-9-15-13(16)18-12-6-4-2-1-3-5-7-12/h1-2,12H,3-11,14H2,(H,15,16)/b2-1+. The summed E-state index contributed by atoms with van der Waals surface area (Å²) < 4.78 is 10.5. The number of amides is 1. The van der Waals surface area contributed by atoms with Crippen molar-refractivity contribution in [1.29, 1.82) is 0 Å². The molecule has 104 valence electrons. The smallest absolute Gasteiger partial charge is 0.407 e. The fraction of sp³-hybridized carbons (Fsp3) is 0.769. The summed E-state index contributed by atoms with van der Waals surface area (Å²) in [5.74, 6) is 0. The van der Waals surface area contributed by atoms with Gasteiger partial charge in [0.15, 0.2) is 0 Å². The van der Waals surface area contributed by atoms with Crippen LogP contribution in [0.25, 0.3) is 0 Å². The monoisotopic (exact) mass is 256 g/mol. The van der Waals surface area contributed by atoms with Crippen molar-refractivity contribution in [2.75, 3.05) is 26.3 Å². The SMILES string of the molecule is NCCOCCNC(=O)OC1CC/C=C/CCC1. The Morgan fingerprint density at radius 1 is 1.28 bits per heavy atom. The Morgan fingerprint density at radius 3 is 2.94 bits per heavy atom. The number of carbonyl (C=O) groups is 1. The fourth-order valence-corrected chi connectivity index (χ4v) is 1.85. The first-order valence-corrected chi connectivity index (χ1v) is 6.70. The van der Waals surface area contributed by atoms with Gasteiger partial charge >= 0.3 is 6.09 Å². The minimum Gasteiger partial charge on any atom is -0.446 e. The fourth-order valence-electron chi connectivity index (χ4n) is 1.85. The van der Waals surface area contributed by atoms with Crippen molar-refractivity contribution in [1.82, 2.24) is 5.32 Å². The van der Waals surface area contributed by atoms with Crippen LogP contribution in [0, 0.1) is 0 Å². The van der Waals surface area contributed by atoms with Gasteiger partial charge < -0.3 is 20.5 Å². The van der Waals surface area contributed by atoms with Gasteiger partial charge in [-0.1, -0.05) is 12.2 Å². The van der Waals surface area contributed by atoms with E-state index in [0.717, 1.165) is 32.1 Å². The molecule has 0 aliphatic heterocycles. The molecule has 0 saturated heterocycles. The summed E-state index contributed by atoms with van der Waals surface area (Å²) in [6.07, 6.45) is 9.05. The van der Waals surface area contributed by atoms with E-state index >= 15 is 0 Å². The highest BCUT2D eigenvalue weighted by Crippen LogP contribution is 2.15. The zero-order valence-corrected chi connectivity index (χ0v) is 10.9. The Bertz CT molecular complexity index is 257. The molecule has 0 aromatic rings. The largest absolute Gasteiger partial charge is 0.446 e. The van der Waals surface area contributed by atoms with Gasteiger partial charge in [0, 0.05) is 13.1 Å². The van der Waals surface area contributed by atoms with Crippen LogP contribution in [0.5, 0.6) is 0 Å². The third-order valence-corrected chi connectivity index (χ3v) is 2.77. The number of nitrogens with two attached hydrogens (primary N) is 1. The number of allylic oxidation sites excluding steroid dienone is 2. The van der Waals surface area contributed by atoms with Crippen molar-refractivity contribution < 1.29 is 14.3 Å². The lowest BCUT2D eigenvalue weighted by molar-refractivity contribution is 0.0817. The second-order valence-corrected chi connectivity index (χ2v) is 4.33. The van der Waals surface area contributed by atoms with E-state index in [9.17, 15) is 4.79 Å². The predicted molar refractivity (Wildman–Crippen MR) is 70.4 cm³/mol. The van der Waals surface area contributed by atoms with Gasteiger partial charge in [0.25, 0.3) is 0 Å². The molecule has 1 aliphatic rings. The number of carbonyl (C=O) groups excluding carboxylic acids is 1. The van der Waals surface area contributed by atoms with Gasteiger partial charge in [-0.2, -0.15) is 0 Å². The summed E-state index contributed by atoms with van der Waals surface area (Å²) in [7, 11) is 0. The van der Waals surface area contributed by atoms with E-state index in [1.54, 1.807) is 0 Å². The zero-order chi connectivity index (χ0) is 13.1. The number of alkyl carbamates (subject to hydrolysis) is 1. The highest BCUT2D eigenvalue weighted by Gasteiger charge is 2.13. The first-order valence-electron chi connectivity index (χ1n) is 6.70. The van der Waals surface area contributed by atoms with Gasteiger partial charge in [-0.05, 0) is 32.1 Å². The molecule has 1 unspecified atom stereocenters. The lowest BCUT2D eigenvalue weighted by atomic mass is 10.0. The minimum atomic E-state index is -0.346. The molecule has 0 heterocycles. The molecule has 1 rings (SSSR count). The molecule has 1 atom stereocenters. The van der Waals surface area contributed by atoms with Gasteiger partial charge in [0.1, 0.15) is 6.10 Å². The second-order valence-electron chi connectivity index (χ2n) is 4.33. The molecule has 18 heavy (non-hydrogen) atoms. The van der Waals surface area contributed by atoms with Crippen molar-refractivity contribution in [3.63, 3.8) is 0 Å². The van der Waals surface area contributed by atoms with E-state index in [2.05, 4.69) is 17.5 Å². The second kappa shape index (κ2) is 9.91. The van der Waals surface area contributed by atoms with Crippen molar-refractivity contribution in [2.45, 2.75) is 38.2 Å². The molecular formula is C13H24N2O3. The maximum absolute atomic E-state index is 11.5. The summed E-state index contributed by atoms with van der Waals surface area (Å²) in [6.45, 7) is 1.96. The van der Waals surface area contributed by atoms with Gasteiger partial charge in [-0.15, -0.1) is 0 Å². The van der Waals surface area contributed by atoms with Gasteiger partial charge in [-0.25, -0.2) is 4.79 Å². The number of hydrogen-bond acceptors (Lipinski definition) is 4. The maximum Gasteiger partial charge on any atom is 0.407 e. The van der Waals surface area contributed by atoms with E-state index in [1.165, 1.54) is 0 Å². The molecule has 1 aliphatic carbocycles. The minimum absolute atomic E-state index is 0.0416. The van der Waals surface area contributed by atoms with Gasteiger partial charge in [0.2, 0.25) is 0 Å². The highest BCUT2D eigenvalue weighted by atomic mass is 16.6. The van der Waals surface area contributed by atoms with Crippen LogP contribution >= 0.6 is 0 Å². The van der Waals surface area contributed by atoms with Crippen molar-refractivity contribution in [2.24, 2.45) is 5.73 Å². The Labute approximate surface area is 109 Å². The van der Waals surface area contributed by atoms with E-state index in [0.29, 0.717) is 26.3 Å². The van der Waals surface area contributed by atoms with Crippen LogP contribution < -0.4 is 11.1 Å². The molecule has 5 heteroatoms. The quantitative estimate of drug-likeness (QED) is 0.559. The van der Waals surface area contributed by atoms with Crippen molar-refractivity contribution >= 4 is 6.09 Å². The lowest BCUT2D eigenvalue weighted by Gasteiger charge is -2.18. The molecule has 0 radical (unpaired) electrons. The van der Waals surface area contributed by atoms with Gasteiger partial charge in [0.05, 0.1) is 13.2 Å². The number of ether oxygens (including phenoxy) is 2. The summed E-state index contributed by atoms with van der Waals surface area (Å²) in [6, 6.07) is 0. The van der Waals surface area contributed by atoms with Crippen LogP contribution in [-0.2, 0) is 9.47 Å². The van der Waals surface area contributed by atoms with Crippen molar-refractivity contribution in [3.8, 4) is 0 Å². The molecule has 0 aromatic carbocycles. The Morgan fingerprint density at radius 2 is 2.11 bits per heavy atom. The molecular weight excluding hydrogens is 232 g/mol. The Kier molecular flexibility index (Phi) is 8.25. The molecule has 1 amide bonds. The first-order chi connectivity index (χ1) is 8.83.